The normalized spacial score (nSPS) is 16.1. The Labute approximate surface area is 164 Å². The number of nitrogens with zero attached hydrogens (tertiary/aromatic N) is 2. The van der Waals surface area contributed by atoms with Crippen LogP contribution < -0.4 is 15.4 Å². The Morgan fingerprint density at radius 1 is 1.29 bits per heavy atom. The fourth-order valence-corrected chi connectivity index (χ4v) is 3.13. The van der Waals surface area contributed by atoms with Crippen molar-refractivity contribution >= 4 is 46.1 Å². The first-order valence-electron chi connectivity index (χ1n) is 8.59. The van der Waals surface area contributed by atoms with Crippen LogP contribution in [0.5, 0.6) is 5.75 Å². The monoisotopic (exact) mass is 402 g/mol. The number of fused-ring (bicyclic) bond motifs is 1. The van der Waals surface area contributed by atoms with Gasteiger partial charge in [-0.1, -0.05) is 11.6 Å². The summed E-state index contributed by atoms with van der Waals surface area (Å²) < 4.78 is 24.7. The molecule has 3 aromatic rings. The molecule has 0 bridgehead atoms. The van der Waals surface area contributed by atoms with Crippen molar-refractivity contribution in [2.45, 2.75) is 12.5 Å². The Morgan fingerprint density at radius 2 is 2.18 bits per heavy atom. The van der Waals surface area contributed by atoms with Crippen molar-refractivity contribution < 1.29 is 18.7 Å². The summed E-state index contributed by atoms with van der Waals surface area (Å²) in [5.41, 5.74) is 1.68. The van der Waals surface area contributed by atoms with Gasteiger partial charge in [0.15, 0.2) is 0 Å². The summed E-state index contributed by atoms with van der Waals surface area (Å²) in [6.45, 7) is 1.14. The molecule has 1 atom stereocenters. The zero-order chi connectivity index (χ0) is 19.5. The van der Waals surface area contributed by atoms with Crippen molar-refractivity contribution in [2.75, 3.05) is 23.8 Å². The van der Waals surface area contributed by atoms with E-state index in [-0.39, 0.29) is 11.1 Å². The van der Waals surface area contributed by atoms with E-state index in [2.05, 4.69) is 20.6 Å². The second kappa shape index (κ2) is 7.95. The lowest BCUT2D eigenvalue weighted by atomic mass is 10.1. The van der Waals surface area contributed by atoms with Gasteiger partial charge in [-0.3, -0.25) is 4.79 Å². The van der Waals surface area contributed by atoms with Crippen LogP contribution >= 0.6 is 11.6 Å². The van der Waals surface area contributed by atoms with Crippen LogP contribution in [0.15, 0.2) is 36.7 Å². The highest BCUT2D eigenvalue weighted by atomic mass is 35.5. The van der Waals surface area contributed by atoms with Gasteiger partial charge in [0.05, 0.1) is 29.4 Å². The second-order valence-corrected chi connectivity index (χ2v) is 6.61. The number of ether oxygens (including phenoxy) is 2. The maximum absolute atomic E-state index is 13.4. The molecule has 28 heavy (non-hydrogen) atoms. The molecule has 9 heteroatoms. The number of hydrogen-bond donors (Lipinski definition) is 2. The van der Waals surface area contributed by atoms with Gasteiger partial charge in [0.2, 0.25) is 6.41 Å². The van der Waals surface area contributed by atoms with Crippen molar-refractivity contribution in [1.29, 1.82) is 0 Å². The van der Waals surface area contributed by atoms with Gasteiger partial charge >= 0.3 is 0 Å². The average molecular weight is 403 g/mol. The maximum Gasteiger partial charge on any atom is 0.211 e. The quantitative estimate of drug-likeness (QED) is 0.608. The summed E-state index contributed by atoms with van der Waals surface area (Å²) in [6, 6.07) is 7.75. The minimum Gasteiger partial charge on any atom is -0.486 e. The lowest BCUT2D eigenvalue weighted by Gasteiger charge is -2.17. The molecule has 1 fully saturated rings. The second-order valence-electron chi connectivity index (χ2n) is 6.21. The highest BCUT2D eigenvalue weighted by Crippen LogP contribution is 2.34. The van der Waals surface area contributed by atoms with Crippen LogP contribution in [0.25, 0.3) is 10.9 Å². The summed E-state index contributed by atoms with van der Waals surface area (Å²) in [5, 5.41) is 6.40. The van der Waals surface area contributed by atoms with Crippen LogP contribution in [0.2, 0.25) is 5.02 Å². The predicted octanol–water partition coefficient (Wildman–Crippen LogP) is 3.90. The van der Waals surface area contributed by atoms with Crippen LogP contribution in [0, 0.1) is 5.82 Å². The summed E-state index contributed by atoms with van der Waals surface area (Å²) in [4.78, 5) is 19.6. The molecule has 0 saturated carbocycles. The van der Waals surface area contributed by atoms with Crippen LogP contribution in [0.1, 0.15) is 6.42 Å². The molecule has 1 aromatic heterocycles. The van der Waals surface area contributed by atoms with Gasteiger partial charge < -0.3 is 20.1 Å². The fourth-order valence-electron chi connectivity index (χ4n) is 2.95. The Bertz CT molecular complexity index is 1030. The molecular weight excluding hydrogens is 387 g/mol. The average Bonchev–Trinajstić information content (AvgIpc) is 3.19. The van der Waals surface area contributed by atoms with Gasteiger partial charge in [0, 0.05) is 23.6 Å². The number of halogens is 2. The third-order valence-electron chi connectivity index (χ3n) is 4.31. The molecule has 0 aliphatic carbocycles. The van der Waals surface area contributed by atoms with E-state index in [0.29, 0.717) is 53.5 Å². The van der Waals surface area contributed by atoms with E-state index in [4.69, 9.17) is 21.1 Å². The van der Waals surface area contributed by atoms with Gasteiger partial charge in [-0.05, 0) is 24.3 Å². The first kappa shape index (κ1) is 18.4. The number of hydrogen-bond acceptors (Lipinski definition) is 6. The van der Waals surface area contributed by atoms with E-state index < -0.39 is 5.82 Å². The van der Waals surface area contributed by atoms with Crippen molar-refractivity contribution in [3.8, 4) is 5.75 Å². The van der Waals surface area contributed by atoms with Gasteiger partial charge in [0.25, 0.3) is 0 Å². The van der Waals surface area contributed by atoms with Crippen LogP contribution in [0.4, 0.5) is 21.6 Å². The van der Waals surface area contributed by atoms with Crippen molar-refractivity contribution in [2.24, 2.45) is 0 Å². The van der Waals surface area contributed by atoms with Gasteiger partial charge in [-0.2, -0.15) is 0 Å². The lowest BCUT2D eigenvalue weighted by molar-refractivity contribution is -0.105. The predicted molar refractivity (Wildman–Crippen MR) is 104 cm³/mol. The molecule has 4 rings (SSSR count). The van der Waals surface area contributed by atoms with Gasteiger partial charge in [0.1, 0.15) is 29.8 Å². The number of carbonyl (C=O) groups excluding carboxylic acids is 1. The standard InChI is InChI=1S/C19H16ClFN4O3/c20-14-5-11(1-2-15(14)21)25-19-13-6-17(24-10-26)18(7-16(13)22-9-23-19)28-12-3-4-27-8-12/h1-2,5-7,9-10,12H,3-4,8H2,(H,24,26)(H,22,23,25)/t12-/m0/s1. The molecule has 1 aliphatic heterocycles. The number of rotatable bonds is 6. The maximum atomic E-state index is 13.4. The molecule has 0 unspecified atom stereocenters. The SMILES string of the molecule is O=CNc1cc2c(Nc3ccc(F)c(Cl)c3)ncnc2cc1O[C@H]1CCOC1. The fraction of sp³-hybridized carbons (Fsp3) is 0.211. The minimum atomic E-state index is -0.505. The zero-order valence-corrected chi connectivity index (χ0v) is 15.4. The first-order chi connectivity index (χ1) is 13.6. The summed E-state index contributed by atoms with van der Waals surface area (Å²) in [6.07, 6.45) is 2.69. The first-order valence-corrected chi connectivity index (χ1v) is 8.97. The number of nitrogens with one attached hydrogen (secondary N) is 2. The molecule has 0 radical (unpaired) electrons. The smallest absolute Gasteiger partial charge is 0.211 e. The molecule has 0 spiro atoms. The molecule has 144 valence electrons. The van der Waals surface area contributed by atoms with Crippen molar-refractivity contribution in [1.82, 2.24) is 9.97 Å². The topological polar surface area (TPSA) is 85.4 Å². The third kappa shape index (κ3) is 3.83. The Balaban J connectivity index is 1.72. The number of anilines is 3. The highest BCUT2D eigenvalue weighted by molar-refractivity contribution is 6.31. The Hall–Kier alpha value is -2.97. The summed E-state index contributed by atoms with van der Waals surface area (Å²) >= 11 is 5.84. The minimum absolute atomic E-state index is 0.00106. The van der Waals surface area contributed by atoms with E-state index in [0.717, 1.165) is 6.42 Å². The summed E-state index contributed by atoms with van der Waals surface area (Å²) in [7, 11) is 0. The Kier molecular flexibility index (Phi) is 5.23. The van der Waals surface area contributed by atoms with Crippen LogP contribution in [-0.2, 0) is 9.53 Å². The molecule has 2 aromatic carbocycles. The molecule has 7 nitrogen and oxygen atoms in total. The number of amides is 1. The number of benzene rings is 2. The third-order valence-corrected chi connectivity index (χ3v) is 4.60. The van der Waals surface area contributed by atoms with Crippen LogP contribution in [-0.4, -0.2) is 35.7 Å². The van der Waals surface area contributed by atoms with Crippen LogP contribution in [0.3, 0.4) is 0 Å². The highest BCUT2D eigenvalue weighted by Gasteiger charge is 2.20. The van der Waals surface area contributed by atoms with Crippen molar-refractivity contribution in [3.05, 3.63) is 47.5 Å². The Morgan fingerprint density at radius 3 is 2.93 bits per heavy atom. The van der Waals surface area contributed by atoms with E-state index in [1.54, 1.807) is 18.2 Å². The molecule has 2 heterocycles. The molecular formula is C19H16ClFN4O3. The number of carbonyl (C=O) groups is 1. The van der Waals surface area contributed by atoms with Gasteiger partial charge in [-0.25, -0.2) is 14.4 Å². The van der Waals surface area contributed by atoms with E-state index in [1.165, 1.54) is 18.5 Å². The largest absolute Gasteiger partial charge is 0.486 e. The number of aromatic nitrogens is 2. The lowest BCUT2D eigenvalue weighted by Crippen LogP contribution is -2.16. The zero-order valence-electron chi connectivity index (χ0n) is 14.6. The van der Waals surface area contributed by atoms with E-state index in [9.17, 15) is 9.18 Å². The molecule has 2 N–H and O–H groups in total. The molecule has 1 saturated heterocycles. The summed E-state index contributed by atoms with van der Waals surface area (Å²) in [5.74, 6) is 0.483. The van der Waals surface area contributed by atoms with E-state index in [1.807, 2.05) is 0 Å². The molecule has 1 amide bonds. The van der Waals surface area contributed by atoms with E-state index >= 15 is 0 Å². The van der Waals surface area contributed by atoms with Crippen molar-refractivity contribution in [3.63, 3.8) is 0 Å². The molecule has 1 aliphatic rings. The van der Waals surface area contributed by atoms with Gasteiger partial charge in [-0.15, -0.1) is 0 Å².